The maximum atomic E-state index is 13.9. The van der Waals surface area contributed by atoms with Gasteiger partial charge in [-0.1, -0.05) is 6.07 Å². The molecule has 2 aliphatic heterocycles. The Bertz CT molecular complexity index is 1060. The summed E-state index contributed by atoms with van der Waals surface area (Å²) >= 11 is 1.42. The van der Waals surface area contributed by atoms with Gasteiger partial charge in [0.25, 0.3) is 0 Å². The largest absolute Gasteiger partial charge is 0.496 e. The molecule has 31 heavy (non-hydrogen) atoms. The first-order valence-corrected chi connectivity index (χ1v) is 10.2. The van der Waals surface area contributed by atoms with Gasteiger partial charge in [0.2, 0.25) is 0 Å². The van der Waals surface area contributed by atoms with E-state index in [0.29, 0.717) is 21.9 Å². The summed E-state index contributed by atoms with van der Waals surface area (Å²) in [6, 6.07) is 8.17. The molecule has 2 unspecified atom stereocenters. The van der Waals surface area contributed by atoms with E-state index in [4.69, 9.17) is 9.47 Å². The molecule has 1 aromatic carbocycles. The minimum Gasteiger partial charge on any atom is -0.496 e. The molecular weight excluding hydrogens is 429 g/mol. The number of ether oxygens (including phenoxy) is 2. The highest BCUT2D eigenvalue weighted by Gasteiger charge is 2.45. The van der Waals surface area contributed by atoms with E-state index in [-0.39, 0.29) is 29.7 Å². The van der Waals surface area contributed by atoms with Crippen molar-refractivity contribution < 1.29 is 22.6 Å². The minimum atomic E-state index is -4.79. The third kappa shape index (κ3) is 4.41. The van der Waals surface area contributed by atoms with Crippen LogP contribution in [-0.4, -0.2) is 43.8 Å². The monoisotopic (exact) mass is 448 g/mol. The summed E-state index contributed by atoms with van der Waals surface area (Å²) in [5.41, 5.74) is -0.369. The normalized spacial score (nSPS) is 21.4. The molecule has 0 aliphatic carbocycles. The number of methoxy groups -OCH3 is 2. The number of thioether (sulfide) groups is 1. The number of nitrogens with one attached hydrogen (secondary N) is 1. The molecule has 2 aliphatic rings. The van der Waals surface area contributed by atoms with Crippen LogP contribution < -0.4 is 10.1 Å². The van der Waals surface area contributed by atoms with Gasteiger partial charge in [-0.3, -0.25) is 4.99 Å². The van der Waals surface area contributed by atoms with Crippen LogP contribution in [0, 0.1) is 22.7 Å². The van der Waals surface area contributed by atoms with E-state index >= 15 is 0 Å². The first kappa shape index (κ1) is 22.7. The molecule has 162 valence electrons. The molecular formula is C21H19F3N4O2S. The van der Waals surface area contributed by atoms with Crippen molar-refractivity contribution in [3.63, 3.8) is 0 Å². The lowest BCUT2D eigenvalue weighted by atomic mass is 9.80. The molecule has 6 nitrogen and oxygen atoms in total. The molecule has 0 aromatic heterocycles. The smallest absolute Gasteiger partial charge is 0.432 e. The van der Waals surface area contributed by atoms with Crippen LogP contribution >= 0.6 is 11.8 Å². The highest BCUT2D eigenvalue weighted by atomic mass is 32.2. The van der Waals surface area contributed by atoms with E-state index in [9.17, 15) is 23.7 Å². The van der Waals surface area contributed by atoms with Crippen LogP contribution in [0.2, 0.25) is 0 Å². The lowest BCUT2D eigenvalue weighted by Gasteiger charge is -2.33. The number of allylic oxidation sites excluding steroid dienone is 2. The van der Waals surface area contributed by atoms with Crippen LogP contribution in [0.15, 0.2) is 45.7 Å². The summed E-state index contributed by atoms with van der Waals surface area (Å²) < 4.78 is 52.3. The van der Waals surface area contributed by atoms with Crippen molar-refractivity contribution in [2.75, 3.05) is 26.6 Å². The fraction of sp³-hybridized carbons (Fsp3) is 0.381. The number of rotatable bonds is 5. The van der Waals surface area contributed by atoms with Crippen LogP contribution in [0.5, 0.6) is 5.75 Å². The first-order valence-electron chi connectivity index (χ1n) is 9.24. The van der Waals surface area contributed by atoms with Crippen molar-refractivity contribution in [3.8, 4) is 17.9 Å². The number of dihydropyridines is 1. The molecule has 1 aromatic rings. The number of nitrogens with zero attached hydrogens (tertiary/aromatic N) is 3. The highest BCUT2D eigenvalue weighted by Crippen LogP contribution is 2.47. The molecule has 2 atom stereocenters. The molecule has 0 amide bonds. The van der Waals surface area contributed by atoms with Crippen molar-refractivity contribution in [1.29, 1.82) is 10.5 Å². The second kappa shape index (κ2) is 9.04. The van der Waals surface area contributed by atoms with Gasteiger partial charge in [-0.2, -0.15) is 23.7 Å². The third-order valence-electron chi connectivity index (χ3n) is 4.84. The van der Waals surface area contributed by atoms with E-state index in [1.165, 1.54) is 44.2 Å². The van der Waals surface area contributed by atoms with Gasteiger partial charge in [-0.15, -0.1) is 11.8 Å². The van der Waals surface area contributed by atoms with Crippen molar-refractivity contribution >= 4 is 16.8 Å². The topological polar surface area (TPSA) is 90.4 Å². The van der Waals surface area contributed by atoms with Gasteiger partial charge in [0.15, 0.2) is 0 Å². The van der Waals surface area contributed by atoms with Gasteiger partial charge in [-0.05, 0) is 19.1 Å². The van der Waals surface area contributed by atoms with Gasteiger partial charge in [0.1, 0.15) is 11.4 Å². The van der Waals surface area contributed by atoms with Gasteiger partial charge in [-0.25, -0.2) is 0 Å². The zero-order chi connectivity index (χ0) is 22.8. The lowest BCUT2D eigenvalue weighted by Crippen LogP contribution is -2.37. The second-order valence-electron chi connectivity index (χ2n) is 6.94. The molecule has 10 heteroatoms. The molecule has 0 spiro atoms. The maximum absolute atomic E-state index is 13.9. The van der Waals surface area contributed by atoms with Gasteiger partial charge < -0.3 is 14.8 Å². The van der Waals surface area contributed by atoms with Crippen LogP contribution in [0.3, 0.4) is 0 Å². The average molecular weight is 448 g/mol. The van der Waals surface area contributed by atoms with E-state index in [1.54, 1.807) is 6.07 Å². The Morgan fingerprint density at radius 3 is 2.52 bits per heavy atom. The van der Waals surface area contributed by atoms with Crippen molar-refractivity contribution in [3.05, 3.63) is 51.9 Å². The molecule has 0 radical (unpaired) electrons. The Labute approximate surface area is 182 Å². The van der Waals surface area contributed by atoms with E-state index < -0.39 is 23.4 Å². The molecule has 0 saturated heterocycles. The predicted octanol–water partition coefficient (Wildman–Crippen LogP) is 4.03. The van der Waals surface area contributed by atoms with Gasteiger partial charge in [0, 0.05) is 29.7 Å². The minimum absolute atomic E-state index is 0.0154. The number of benzene rings is 1. The van der Waals surface area contributed by atoms with Crippen LogP contribution in [0.25, 0.3) is 0 Å². The van der Waals surface area contributed by atoms with Crippen molar-refractivity contribution in [2.45, 2.75) is 25.1 Å². The molecule has 0 saturated carbocycles. The fourth-order valence-electron chi connectivity index (χ4n) is 3.55. The summed E-state index contributed by atoms with van der Waals surface area (Å²) in [5, 5.41) is 22.0. The zero-order valence-corrected chi connectivity index (χ0v) is 17.8. The summed E-state index contributed by atoms with van der Waals surface area (Å²) in [4.78, 5) is 4.59. The number of halogens is 3. The quantitative estimate of drug-likeness (QED) is 0.732. The SMILES string of the molecule is COCC1=C(C2=NC(C)CS2)C(c2ccc(C#N)cc2OC)C(C#N)=C(C(F)(F)F)N1. The summed E-state index contributed by atoms with van der Waals surface area (Å²) in [5.74, 6) is -0.202. The number of aliphatic imine (C=N–C) groups is 1. The van der Waals surface area contributed by atoms with E-state index in [1.807, 2.05) is 13.0 Å². The zero-order valence-electron chi connectivity index (χ0n) is 17.0. The Morgan fingerprint density at radius 1 is 1.26 bits per heavy atom. The van der Waals surface area contributed by atoms with E-state index in [0.717, 1.165) is 0 Å². The summed E-state index contributed by atoms with van der Waals surface area (Å²) in [7, 11) is 2.75. The van der Waals surface area contributed by atoms with Crippen molar-refractivity contribution in [2.24, 2.45) is 4.99 Å². The van der Waals surface area contributed by atoms with Crippen LogP contribution in [0.1, 0.15) is 24.0 Å². The second-order valence-corrected chi connectivity index (χ2v) is 7.95. The summed E-state index contributed by atoms with van der Waals surface area (Å²) in [6.07, 6.45) is -4.79. The average Bonchev–Trinajstić information content (AvgIpc) is 3.17. The third-order valence-corrected chi connectivity index (χ3v) is 6.09. The Hall–Kier alpha value is -2.95. The molecule has 2 heterocycles. The van der Waals surface area contributed by atoms with Gasteiger partial charge >= 0.3 is 6.18 Å². The van der Waals surface area contributed by atoms with Crippen molar-refractivity contribution in [1.82, 2.24) is 5.32 Å². The summed E-state index contributed by atoms with van der Waals surface area (Å²) in [6.45, 7) is 1.78. The van der Waals surface area contributed by atoms with Gasteiger partial charge in [0.05, 0.1) is 54.0 Å². The fourth-order valence-corrected chi connectivity index (χ4v) is 4.68. The molecule has 1 N–H and O–H groups in total. The first-order chi connectivity index (χ1) is 14.7. The van der Waals surface area contributed by atoms with Crippen LogP contribution in [-0.2, 0) is 4.74 Å². The molecule has 3 rings (SSSR count). The standard InChI is InChI=1S/C21H19F3N4O2S/c1-11-10-31-20(27-11)18-15(9-29-2)28-19(21(22,23)24)14(8-26)17(18)13-5-4-12(7-25)6-16(13)30-3/h4-6,11,17,28H,9-10H2,1-3H3. The molecule has 0 bridgehead atoms. The Balaban J connectivity index is 2.35. The van der Waals surface area contributed by atoms with Crippen LogP contribution in [0.4, 0.5) is 13.2 Å². The molecule has 0 fully saturated rings. The highest BCUT2D eigenvalue weighted by molar-refractivity contribution is 8.14. The predicted molar refractivity (Wildman–Crippen MR) is 111 cm³/mol. The Morgan fingerprint density at radius 2 is 2.00 bits per heavy atom. The Kier molecular flexibility index (Phi) is 6.63. The number of alkyl halides is 3. The lowest BCUT2D eigenvalue weighted by molar-refractivity contribution is -0.0972. The number of nitriles is 2. The number of hydrogen-bond donors (Lipinski definition) is 1. The maximum Gasteiger partial charge on any atom is 0.432 e. The number of hydrogen-bond acceptors (Lipinski definition) is 7. The van der Waals surface area contributed by atoms with E-state index in [2.05, 4.69) is 10.3 Å².